The minimum atomic E-state index is -3.95. The molecule has 0 aliphatic carbocycles. The van der Waals surface area contributed by atoms with Crippen LogP contribution in [-0.2, 0) is 31.1 Å². The quantitative estimate of drug-likeness (QED) is 0.351. The minimum Gasteiger partial charge on any atom is -0.494 e. The summed E-state index contributed by atoms with van der Waals surface area (Å²) in [6.07, 6.45) is 5.31. The average molecular weight is 604 g/mol. The van der Waals surface area contributed by atoms with Gasteiger partial charge >= 0.3 is 0 Å². The summed E-state index contributed by atoms with van der Waals surface area (Å²) in [5.41, 5.74) is -0.111. The third-order valence-electron chi connectivity index (χ3n) is 8.01. The maximum atomic E-state index is 13.6. The molecule has 0 amide bonds. The highest BCUT2D eigenvalue weighted by molar-refractivity contribution is 7.90. The minimum absolute atomic E-state index is 0.156. The first kappa shape index (κ1) is 29.7. The number of aryl methyl sites for hydroxylation is 1. The van der Waals surface area contributed by atoms with Gasteiger partial charge in [-0.15, -0.1) is 0 Å². The maximum absolute atomic E-state index is 13.6. The molecule has 1 N–H and O–H groups in total. The molecule has 41 heavy (non-hydrogen) atoms. The van der Waals surface area contributed by atoms with E-state index in [1.165, 1.54) is 22.8 Å². The van der Waals surface area contributed by atoms with Gasteiger partial charge in [-0.1, -0.05) is 18.2 Å². The number of benzene rings is 2. The van der Waals surface area contributed by atoms with Crippen molar-refractivity contribution in [3.8, 4) is 5.75 Å². The molecule has 3 aromatic rings. The third kappa shape index (κ3) is 6.36. The van der Waals surface area contributed by atoms with E-state index in [9.17, 15) is 21.6 Å². The van der Waals surface area contributed by atoms with E-state index in [1.54, 1.807) is 30.3 Å². The SMILES string of the molecule is CCn1cc(S(=O)(=O)N2CCC3(CC2)C[C@@H](NCCCOc2cccc(S(C)(=O)=O)c2)CO3)c(=O)c2ccccc21. The molecule has 0 saturated carbocycles. The second-order valence-corrected chi connectivity index (χ2v) is 14.8. The Morgan fingerprint density at radius 3 is 2.56 bits per heavy atom. The number of nitrogens with one attached hydrogen (secondary N) is 1. The van der Waals surface area contributed by atoms with E-state index < -0.39 is 25.3 Å². The molecule has 2 saturated heterocycles. The predicted molar refractivity (Wildman–Crippen MR) is 157 cm³/mol. The first-order chi connectivity index (χ1) is 19.5. The highest BCUT2D eigenvalue weighted by Crippen LogP contribution is 2.37. The summed E-state index contributed by atoms with van der Waals surface area (Å²) in [5.74, 6) is 0.523. The molecule has 1 aromatic heterocycles. The van der Waals surface area contributed by atoms with Crippen LogP contribution >= 0.6 is 0 Å². The lowest BCUT2D eigenvalue weighted by molar-refractivity contribution is -0.0311. The fourth-order valence-corrected chi connectivity index (χ4v) is 7.93. The Kier molecular flexibility index (Phi) is 8.58. The van der Waals surface area contributed by atoms with Gasteiger partial charge < -0.3 is 19.4 Å². The first-order valence-corrected chi connectivity index (χ1v) is 17.3. The first-order valence-electron chi connectivity index (χ1n) is 13.9. The van der Waals surface area contributed by atoms with Crippen LogP contribution in [0.5, 0.6) is 5.75 Å². The zero-order chi connectivity index (χ0) is 29.3. The Labute approximate surface area is 241 Å². The number of nitrogens with zero attached hydrogens (tertiary/aromatic N) is 2. The van der Waals surface area contributed by atoms with Crippen LogP contribution in [0, 0.1) is 0 Å². The van der Waals surface area contributed by atoms with Crippen molar-refractivity contribution in [2.75, 3.05) is 39.1 Å². The molecule has 2 aliphatic rings. The number of rotatable bonds is 10. The van der Waals surface area contributed by atoms with Crippen LogP contribution in [0.4, 0.5) is 0 Å². The van der Waals surface area contributed by atoms with Crippen LogP contribution in [0.3, 0.4) is 0 Å². The van der Waals surface area contributed by atoms with E-state index in [2.05, 4.69) is 5.32 Å². The molecule has 10 nitrogen and oxygen atoms in total. The van der Waals surface area contributed by atoms with Crippen LogP contribution in [0.15, 0.2) is 69.3 Å². The van der Waals surface area contributed by atoms with Gasteiger partial charge in [0.1, 0.15) is 10.6 Å². The molecular formula is C29H37N3O7S2. The van der Waals surface area contributed by atoms with Gasteiger partial charge in [-0.2, -0.15) is 4.31 Å². The summed E-state index contributed by atoms with van der Waals surface area (Å²) >= 11 is 0. The van der Waals surface area contributed by atoms with Crippen molar-refractivity contribution in [2.24, 2.45) is 0 Å². The molecule has 2 aliphatic heterocycles. The largest absolute Gasteiger partial charge is 0.494 e. The number of hydrogen-bond donors (Lipinski definition) is 1. The number of fused-ring (bicyclic) bond motifs is 1. The zero-order valence-electron chi connectivity index (χ0n) is 23.4. The monoisotopic (exact) mass is 603 g/mol. The number of piperidine rings is 1. The van der Waals surface area contributed by atoms with E-state index >= 15 is 0 Å². The van der Waals surface area contributed by atoms with Gasteiger partial charge in [0.25, 0.3) is 0 Å². The zero-order valence-corrected chi connectivity index (χ0v) is 25.0. The van der Waals surface area contributed by atoms with Gasteiger partial charge in [0.05, 0.1) is 29.2 Å². The highest BCUT2D eigenvalue weighted by Gasteiger charge is 2.45. The van der Waals surface area contributed by atoms with Crippen molar-refractivity contribution in [1.29, 1.82) is 0 Å². The molecule has 0 radical (unpaired) electrons. The highest BCUT2D eigenvalue weighted by atomic mass is 32.2. The van der Waals surface area contributed by atoms with Gasteiger partial charge in [0.15, 0.2) is 9.84 Å². The average Bonchev–Trinajstić information content (AvgIpc) is 3.35. The normalized spacial score (nSPS) is 19.6. The molecule has 12 heteroatoms. The lowest BCUT2D eigenvalue weighted by Gasteiger charge is -2.38. The predicted octanol–water partition coefficient (Wildman–Crippen LogP) is 2.80. The summed E-state index contributed by atoms with van der Waals surface area (Å²) in [7, 11) is -7.23. The molecule has 2 fully saturated rings. The maximum Gasteiger partial charge on any atom is 0.248 e. The van der Waals surface area contributed by atoms with Gasteiger partial charge in [0.2, 0.25) is 15.5 Å². The van der Waals surface area contributed by atoms with Gasteiger partial charge in [-0.25, -0.2) is 16.8 Å². The Hall–Kier alpha value is -2.77. The van der Waals surface area contributed by atoms with Crippen LogP contribution in [0.2, 0.25) is 0 Å². The number of para-hydroxylation sites is 1. The molecule has 0 bridgehead atoms. The van der Waals surface area contributed by atoms with Crippen molar-refractivity contribution in [1.82, 2.24) is 14.2 Å². The number of pyridine rings is 1. The summed E-state index contributed by atoms with van der Waals surface area (Å²) in [4.78, 5) is 13.2. The van der Waals surface area contributed by atoms with Crippen LogP contribution < -0.4 is 15.5 Å². The number of sulfonamides is 1. The molecule has 5 rings (SSSR count). The Morgan fingerprint density at radius 1 is 1.07 bits per heavy atom. The topological polar surface area (TPSA) is 124 Å². The summed E-state index contributed by atoms with van der Waals surface area (Å²) in [6, 6.07) is 13.7. The Morgan fingerprint density at radius 2 is 1.83 bits per heavy atom. The molecule has 2 aromatic carbocycles. The second kappa shape index (κ2) is 11.8. The molecular weight excluding hydrogens is 566 g/mol. The summed E-state index contributed by atoms with van der Waals surface area (Å²) in [5, 5.41) is 3.91. The number of aromatic nitrogens is 1. The molecule has 1 atom stereocenters. The van der Waals surface area contributed by atoms with Crippen molar-refractivity contribution in [3.63, 3.8) is 0 Å². The molecule has 0 unspecified atom stereocenters. The van der Waals surface area contributed by atoms with Crippen molar-refractivity contribution in [3.05, 3.63) is 65.0 Å². The van der Waals surface area contributed by atoms with Gasteiger partial charge in [0, 0.05) is 43.5 Å². The number of sulfone groups is 1. The second-order valence-electron chi connectivity index (χ2n) is 10.8. The smallest absolute Gasteiger partial charge is 0.248 e. The lowest BCUT2D eigenvalue weighted by atomic mass is 9.88. The summed E-state index contributed by atoms with van der Waals surface area (Å²) < 4.78 is 65.8. The third-order valence-corrected chi connectivity index (χ3v) is 11.0. The molecule has 3 heterocycles. The fourth-order valence-electron chi connectivity index (χ4n) is 5.72. The van der Waals surface area contributed by atoms with Crippen molar-refractivity contribution >= 4 is 30.8 Å². The summed E-state index contributed by atoms with van der Waals surface area (Å²) in [6.45, 7) is 4.78. The fraction of sp³-hybridized carbons (Fsp3) is 0.483. The van der Waals surface area contributed by atoms with Crippen LogP contribution in [0.25, 0.3) is 10.9 Å². The van der Waals surface area contributed by atoms with Gasteiger partial charge in [-0.05, 0) is 69.5 Å². The van der Waals surface area contributed by atoms with Crippen LogP contribution in [-0.4, -0.2) is 76.5 Å². The molecule has 222 valence electrons. The van der Waals surface area contributed by atoms with E-state index in [0.717, 1.165) is 18.4 Å². The van der Waals surface area contributed by atoms with Crippen molar-refractivity contribution in [2.45, 2.75) is 60.6 Å². The van der Waals surface area contributed by atoms with E-state index in [4.69, 9.17) is 9.47 Å². The van der Waals surface area contributed by atoms with Gasteiger partial charge in [-0.3, -0.25) is 4.79 Å². The van der Waals surface area contributed by atoms with E-state index in [-0.39, 0.29) is 21.4 Å². The lowest BCUT2D eigenvalue weighted by Crippen LogP contribution is -2.47. The Balaban J connectivity index is 1.13. The Bertz CT molecular complexity index is 1680. The van der Waals surface area contributed by atoms with E-state index in [1.807, 2.05) is 23.6 Å². The molecule has 1 spiro atoms. The number of ether oxygens (including phenoxy) is 2. The van der Waals surface area contributed by atoms with Crippen LogP contribution in [0.1, 0.15) is 32.6 Å². The standard InChI is InChI=1S/C29H37N3O7S2/c1-3-31-20-27(28(33)25-10-4-5-11-26(25)31)41(36,37)32-15-12-29(13-16-32)19-22(21-39-29)30-14-7-17-38-23-8-6-9-24(18-23)40(2,34)35/h4-6,8-11,18,20,22,30H,3,7,12-17,19,21H2,1-2H3/t22-/m1/s1. The number of hydrogen-bond acceptors (Lipinski definition) is 8. The van der Waals surface area contributed by atoms with E-state index in [0.29, 0.717) is 63.4 Å². The van der Waals surface area contributed by atoms with Crippen molar-refractivity contribution < 1.29 is 26.3 Å².